The maximum absolute atomic E-state index is 12.9. The minimum absolute atomic E-state index is 0.206. The van der Waals surface area contributed by atoms with E-state index >= 15 is 0 Å². The van der Waals surface area contributed by atoms with Crippen molar-refractivity contribution in [2.24, 2.45) is 7.05 Å². The molecular formula is C20H23ClN6O2. The quantitative estimate of drug-likeness (QED) is 0.642. The Balaban J connectivity index is 1.74. The molecule has 0 aliphatic carbocycles. The van der Waals surface area contributed by atoms with Crippen molar-refractivity contribution in [1.29, 1.82) is 0 Å². The number of hydrogen-bond acceptors (Lipinski definition) is 4. The number of carbonyl (C=O) groups excluding carboxylic acids is 2. The van der Waals surface area contributed by atoms with Gasteiger partial charge < -0.3 is 10.6 Å². The summed E-state index contributed by atoms with van der Waals surface area (Å²) in [5.74, 6) is -0.527. The first-order valence-electron chi connectivity index (χ1n) is 9.23. The van der Waals surface area contributed by atoms with Crippen LogP contribution in [-0.4, -0.2) is 31.4 Å². The van der Waals surface area contributed by atoms with E-state index in [2.05, 4.69) is 20.8 Å². The number of hydrogen-bond donors (Lipinski definition) is 2. The van der Waals surface area contributed by atoms with E-state index in [0.717, 1.165) is 5.69 Å². The molecule has 2 N–H and O–H groups in total. The van der Waals surface area contributed by atoms with Crippen LogP contribution in [0.5, 0.6) is 0 Å². The molecule has 0 saturated carbocycles. The summed E-state index contributed by atoms with van der Waals surface area (Å²) in [6, 6.07) is 8.09. The average molecular weight is 415 g/mol. The van der Waals surface area contributed by atoms with Gasteiger partial charge in [0.15, 0.2) is 5.69 Å². The third-order valence-electron chi connectivity index (χ3n) is 4.56. The van der Waals surface area contributed by atoms with E-state index in [4.69, 9.17) is 11.6 Å². The van der Waals surface area contributed by atoms with Gasteiger partial charge in [0, 0.05) is 24.6 Å². The highest BCUT2D eigenvalue weighted by Crippen LogP contribution is 2.25. The van der Waals surface area contributed by atoms with Gasteiger partial charge in [0.2, 0.25) is 5.91 Å². The zero-order valence-electron chi connectivity index (χ0n) is 16.7. The fourth-order valence-electron chi connectivity index (χ4n) is 3.05. The van der Waals surface area contributed by atoms with E-state index < -0.39 is 6.04 Å². The Morgan fingerprint density at radius 2 is 1.83 bits per heavy atom. The van der Waals surface area contributed by atoms with Gasteiger partial charge >= 0.3 is 0 Å². The second kappa shape index (κ2) is 8.48. The lowest BCUT2D eigenvalue weighted by Crippen LogP contribution is -2.27. The van der Waals surface area contributed by atoms with Gasteiger partial charge in [-0.2, -0.15) is 10.2 Å². The molecule has 2 aromatic heterocycles. The highest BCUT2D eigenvalue weighted by molar-refractivity contribution is 6.31. The van der Waals surface area contributed by atoms with Crippen LogP contribution in [0.1, 0.15) is 41.3 Å². The summed E-state index contributed by atoms with van der Waals surface area (Å²) in [6.07, 6.45) is 2.25. The van der Waals surface area contributed by atoms with Crippen LogP contribution < -0.4 is 10.6 Å². The highest BCUT2D eigenvalue weighted by atomic mass is 35.5. The maximum atomic E-state index is 12.9. The Labute approximate surface area is 173 Å². The Morgan fingerprint density at radius 1 is 1.14 bits per heavy atom. The van der Waals surface area contributed by atoms with Gasteiger partial charge in [0.1, 0.15) is 6.04 Å². The summed E-state index contributed by atoms with van der Waals surface area (Å²) >= 11 is 6.22. The molecule has 29 heavy (non-hydrogen) atoms. The van der Waals surface area contributed by atoms with E-state index in [0.29, 0.717) is 34.2 Å². The number of halogens is 1. The smallest absolute Gasteiger partial charge is 0.276 e. The minimum Gasteiger partial charge on any atom is -0.324 e. The molecule has 0 aliphatic heterocycles. The summed E-state index contributed by atoms with van der Waals surface area (Å²) in [5, 5.41) is 14.7. The van der Waals surface area contributed by atoms with Crippen molar-refractivity contribution in [2.45, 2.75) is 33.2 Å². The van der Waals surface area contributed by atoms with Crippen LogP contribution in [0.25, 0.3) is 0 Å². The van der Waals surface area contributed by atoms with E-state index in [-0.39, 0.29) is 11.8 Å². The molecule has 2 heterocycles. The molecule has 3 aromatic rings. The first-order chi connectivity index (χ1) is 13.8. The Bertz CT molecular complexity index is 1060. The number of nitrogens with one attached hydrogen (secondary N) is 2. The molecule has 152 valence electrons. The standard InChI is InChI=1S/C20H23ClN6O2/c1-5-17(27-13(3)18(21)12(2)24-27)20(29)23-15-8-6-7-14(11-15)22-19(28)16-9-10-26(4)25-16/h6-11,17H,5H2,1-4H3,(H,22,28)(H,23,29). The van der Waals surface area contributed by atoms with Crippen molar-refractivity contribution < 1.29 is 9.59 Å². The predicted octanol–water partition coefficient (Wildman–Crippen LogP) is 3.73. The molecule has 0 aliphatic rings. The number of nitrogens with zero attached hydrogens (tertiary/aromatic N) is 4. The van der Waals surface area contributed by atoms with Crippen molar-refractivity contribution in [3.8, 4) is 0 Å². The second-order valence-corrected chi connectivity index (χ2v) is 7.13. The lowest BCUT2D eigenvalue weighted by Gasteiger charge is -2.17. The first kappa shape index (κ1) is 20.6. The lowest BCUT2D eigenvalue weighted by molar-refractivity contribution is -0.119. The number of carbonyl (C=O) groups is 2. The van der Waals surface area contributed by atoms with Gasteiger partial charge in [0.25, 0.3) is 5.91 Å². The van der Waals surface area contributed by atoms with Crippen LogP contribution in [0, 0.1) is 13.8 Å². The summed E-state index contributed by atoms with van der Waals surface area (Å²) in [4.78, 5) is 25.1. The third-order valence-corrected chi connectivity index (χ3v) is 5.10. The van der Waals surface area contributed by atoms with Gasteiger partial charge in [-0.15, -0.1) is 0 Å². The monoisotopic (exact) mass is 414 g/mol. The molecule has 0 saturated heterocycles. The van der Waals surface area contributed by atoms with Crippen LogP contribution in [-0.2, 0) is 11.8 Å². The topological polar surface area (TPSA) is 93.8 Å². The Morgan fingerprint density at radius 3 is 2.38 bits per heavy atom. The van der Waals surface area contributed by atoms with Crippen LogP contribution in [0.15, 0.2) is 36.5 Å². The van der Waals surface area contributed by atoms with Crippen molar-refractivity contribution in [2.75, 3.05) is 10.6 Å². The van der Waals surface area contributed by atoms with Gasteiger partial charge in [-0.05, 0) is 44.5 Å². The van der Waals surface area contributed by atoms with E-state index in [1.54, 1.807) is 52.9 Å². The third kappa shape index (κ3) is 4.48. The molecule has 0 spiro atoms. The number of amides is 2. The molecule has 8 nitrogen and oxygen atoms in total. The SMILES string of the molecule is CCC(C(=O)Nc1cccc(NC(=O)c2ccn(C)n2)c1)n1nc(C)c(Cl)c1C. The van der Waals surface area contributed by atoms with Gasteiger partial charge in [-0.1, -0.05) is 24.6 Å². The maximum Gasteiger partial charge on any atom is 0.276 e. The zero-order chi connectivity index (χ0) is 21.1. The average Bonchev–Trinajstić information content (AvgIpc) is 3.22. The van der Waals surface area contributed by atoms with Gasteiger partial charge in [-0.25, -0.2) is 0 Å². The van der Waals surface area contributed by atoms with Crippen molar-refractivity contribution in [3.05, 3.63) is 58.6 Å². The Kier molecular flexibility index (Phi) is 6.03. The molecule has 0 radical (unpaired) electrons. The molecule has 1 atom stereocenters. The lowest BCUT2D eigenvalue weighted by atomic mass is 10.2. The molecule has 3 rings (SSSR count). The van der Waals surface area contributed by atoms with Crippen LogP contribution in [0.2, 0.25) is 5.02 Å². The van der Waals surface area contributed by atoms with E-state index in [9.17, 15) is 9.59 Å². The molecule has 2 amide bonds. The second-order valence-electron chi connectivity index (χ2n) is 6.75. The summed E-state index contributed by atoms with van der Waals surface area (Å²) in [7, 11) is 1.74. The summed E-state index contributed by atoms with van der Waals surface area (Å²) in [5.41, 5.74) is 2.88. The van der Waals surface area contributed by atoms with E-state index in [1.165, 1.54) is 0 Å². The molecule has 1 aromatic carbocycles. The van der Waals surface area contributed by atoms with Crippen molar-refractivity contribution in [3.63, 3.8) is 0 Å². The zero-order valence-corrected chi connectivity index (χ0v) is 17.5. The summed E-state index contributed by atoms with van der Waals surface area (Å²) in [6.45, 7) is 5.56. The number of rotatable bonds is 6. The highest BCUT2D eigenvalue weighted by Gasteiger charge is 2.23. The molecule has 1 unspecified atom stereocenters. The fourth-order valence-corrected chi connectivity index (χ4v) is 3.17. The molecule has 9 heteroatoms. The normalized spacial score (nSPS) is 11.9. The minimum atomic E-state index is -0.493. The Hall–Kier alpha value is -3.13. The van der Waals surface area contributed by atoms with Crippen LogP contribution in [0.3, 0.4) is 0 Å². The van der Waals surface area contributed by atoms with Crippen molar-refractivity contribution >= 4 is 34.8 Å². The van der Waals surface area contributed by atoms with Crippen molar-refractivity contribution in [1.82, 2.24) is 19.6 Å². The largest absolute Gasteiger partial charge is 0.324 e. The van der Waals surface area contributed by atoms with Crippen LogP contribution in [0.4, 0.5) is 11.4 Å². The first-order valence-corrected chi connectivity index (χ1v) is 9.61. The molecule has 0 fully saturated rings. The predicted molar refractivity (Wildman–Crippen MR) is 112 cm³/mol. The molecular weight excluding hydrogens is 392 g/mol. The fraction of sp³-hybridized carbons (Fsp3) is 0.300. The van der Waals surface area contributed by atoms with Gasteiger partial charge in [-0.3, -0.25) is 19.0 Å². The number of benzene rings is 1. The molecule has 0 bridgehead atoms. The van der Waals surface area contributed by atoms with Crippen LogP contribution >= 0.6 is 11.6 Å². The number of anilines is 2. The van der Waals surface area contributed by atoms with E-state index in [1.807, 2.05) is 20.8 Å². The number of aromatic nitrogens is 4. The number of aryl methyl sites for hydroxylation is 2. The summed E-state index contributed by atoms with van der Waals surface area (Å²) < 4.78 is 3.21. The van der Waals surface area contributed by atoms with Gasteiger partial charge in [0.05, 0.1) is 16.4 Å².